The molecule has 0 bridgehead atoms. The molecule has 1 aromatic rings. The van der Waals surface area contributed by atoms with Crippen LogP contribution >= 0.6 is 0 Å². The van der Waals surface area contributed by atoms with Crippen LogP contribution in [0.25, 0.3) is 0 Å². The van der Waals surface area contributed by atoms with E-state index < -0.39 is 17.6 Å². The summed E-state index contributed by atoms with van der Waals surface area (Å²) in [6, 6.07) is 0. The summed E-state index contributed by atoms with van der Waals surface area (Å²) in [6.07, 6.45) is -4.46. The number of aldehydes is 1. The van der Waals surface area contributed by atoms with E-state index in [9.17, 15) is 18.0 Å². The summed E-state index contributed by atoms with van der Waals surface area (Å²) in [5.41, 5.74) is -1.66. The lowest BCUT2D eigenvalue weighted by molar-refractivity contribution is -0.141. The van der Waals surface area contributed by atoms with Gasteiger partial charge in [0.2, 0.25) is 0 Å². The molecule has 1 rings (SSSR count). The number of nitrogens with one attached hydrogen (secondary N) is 1. The van der Waals surface area contributed by atoms with Gasteiger partial charge in [-0.2, -0.15) is 13.2 Å². The summed E-state index contributed by atoms with van der Waals surface area (Å²) >= 11 is 0. The molecule has 0 radical (unpaired) electrons. The summed E-state index contributed by atoms with van der Waals surface area (Å²) in [5.74, 6) is -0.00998. The Morgan fingerprint density at radius 3 is 2.29 bits per heavy atom. The largest absolute Gasteiger partial charge is 0.433 e. The smallest absolute Gasteiger partial charge is 0.338 e. The molecule has 3 nitrogen and oxygen atoms in total. The molecular formula is C8H9F3N2O. The van der Waals surface area contributed by atoms with Gasteiger partial charge >= 0.3 is 6.18 Å². The number of hydrogen-bond acceptors (Lipinski definition) is 2. The van der Waals surface area contributed by atoms with Gasteiger partial charge < -0.3 is 4.98 Å². The van der Waals surface area contributed by atoms with Crippen LogP contribution < -0.4 is 0 Å². The Morgan fingerprint density at radius 1 is 1.43 bits per heavy atom. The van der Waals surface area contributed by atoms with E-state index >= 15 is 0 Å². The first-order chi connectivity index (χ1) is 6.36. The molecule has 0 spiro atoms. The molecule has 0 saturated heterocycles. The van der Waals surface area contributed by atoms with E-state index in [4.69, 9.17) is 0 Å². The second-order valence-corrected chi connectivity index (χ2v) is 3.15. The minimum absolute atomic E-state index is 0.102. The van der Waals surface area contributed by atoms with E-state index in [1.807, 2.05) is 0 Å². The summed E-state index contributed by atoms with van der Waals surface area (Å²) in [5, 5.41) is 0. The van der Waals surface area contributed by atoms with Gasteiger partial charge in [-0.05, 0) is 0 Å². The standard InChI is InChI=1S/C8H9F3N2O/c1-4(2)7-12-5(3-14)6(13-7)8(9,10)11/h3-4H,1-2H3,(H,12,13). The van der Waals surface area contributed by atoms with Crippen LogP contribution in [-0.2, 0) is 6.18 Å². The van der Waals surface area contributed by atoms with E-state index in [0.717, 1.165) is 0 Å². The van der Waals surface area contributed by atoms with Crippen LogP contribution in [0, 0.1) is 0 Å². The lowest BCUT2D eigenvalue weighted by Crippen LogP contribution is -2.08. The molecule has 0 aliphatic heterocycles. The Morgan fingerprint density at radius 2 is 2.00 bits per heavy atom. The number of carbonyl (C=O) groups is 1. The van der Waals surface area contributed by atoms with Crippen molar-refractivity contribution < 1.29 is 18.0 Å². The van der Waals surface area contributed by atoms with Gasteiger partial charge in [0.05, 0.1) is 0 Å². The number of nitrogens with zero attached hydrogens (tertiary/aromatic N) is 1. The van der Waals surface area contributed by atoms with Gasteiger partial charge in [0, 0.05) is 5.92 Å². The average Bonchev–Trinajstić information content (AvgIpc) is 2.46. The first-order valence-electron chi connectivity index (χ1n) is 3.98. The maximum absolute atomic E-state index is 12.3. The Hall–Kier alpha value is -1.33. The fraction of sp³-hybridized carbons (Fsp3) is 0.500. The number of alkyl halides is 3. The van der Waals surface area contributed by atoms with Crippen molar-refractivity contribution in [2.75, 3.05) is 0 Å². The van der Waals surface area contributed by atoms with E-state index in [1.165, 1.54) is 0 Å². The molecule has 0 fully saturated rings. The van der Waals surface area contributed by atoms with Crippen LogP contribution in [0.5, 0.6) is 0 Å². The molecule has 1 heterocycles. The van der Waals surface area contributed by atoms with Gasteiger partial charge in [-0.15, -0.1) is 0 Å². The quantitative estimate of drug-likeness (QED) is 0.755. The van der Waals surface area contributed by atoms with Crippen molar-refractivity contribution in [3.05, 3.63) is 17.2 Å². The van der Waals surface area contributed by atoms with Crippen LogP contribution in [0.1, 0.15) is 41.8 Å². The zero-order valence-corrected chi connectivity index (χ0v) is 7.64. The number of aromatic nitrogens is 2. The maximum Gasteiger partial charge on any atom is 0.433 e. The van der Waals surface area contributed by atoms with Crippen LogP contribution in [0.2, 0.25) is 0 Å². The topological polar surface area (TPSA) is 45.8 Å². The fourth-order valence-electron chi connectivity index (χ4n) is 0.981. The molecule has 6 heteroatoms. The summed E-state index contributed by atoms with van der Waals surface area (Å²) in [6.45, 7) is 3.38. The van der Waals surface area contributed by atoms with Crippen LogP contribution in [-0.4, -0.2) is 16.3 Å². The van der Waals surface area contributed by atoms with Crippen molar-refractivity contribution in [2.24, 2.45) is 0 Å². The van der Waals surface area contributed by atoms with Gasteiger partial charge in [-0.1, -0.05) is 13.8 Å². The van der Waals surface area contributed by atoms with Crippen LogP contribution in [0.15, 0.2) is 0 Å². The maximum atomic E-state index is 12.3. The highest BCUT2D eigenvalue weighted by molar-refractivity contribution is 5.74. The first-order valence-corrected chi connectivity index (χ1v) is 3.98. The minimum Gasteiger partial charge on any atom is -0.338 e. The molecule has 0 aliphatic carbocycles. The number of H-pyrrole nitrogens is 1. The van der Waals surface area contributed by atoms with Gasteiger partial charge in [0.15, 0.2) is 12.0 Å². The second kappa shape index (κ2) is 3.43. The Labute approximate surface area is 78.3 Å². The van der Waals surface area contributed by atoms with Crippen molar-refractivity contribution in [3.8, 4) is 0 Å². The van der Waals surface area contributed by atoms with E-state index in [2.05, 4.69) is 9.97 Å². The monoisotopic (exact) mass is 206 g/mol. The van der Waals surface area contributed by atoms with E-state index in [-0.39, 0.29) is 18.0 Å². The van der Waals surface area contributed by atoms with Crippen molar-refractivity contribution in [1.29, 1.82) is 0 Å². The van der Waals surface area contributed by atoms with E-state index in [0.29, 0.717) is 0 Å². The Bertz CT molecular complexity index is 341. The predicted octanol–water partition coefficient (Wildman–Crippen LogP) is 2.36. The number of imidazole rings is 1. The number of rotatable bonds is 2. The molecule has 0 unspecified atom stereocenters. The van der Waals surface area contributed by atoms with Gasteiger partial charge in [0.25, 0.3) is 0 Å². The second-order valence-electron chi connectivity index (χ2n) is 3.15. The number of aromatic amines is 1. The summed E-state index contributed by atoms with van der Waals surface area (Å²) in [7, 11) is 0. The average molecular weight is 206 g/mol. The highest BCUT2D eigenvalue weighted by Crippen LogP contribution is 2.30. The first kappa shape index (κ1) is 10.7. The van der Waals surface area contributed by atoms with Gasteiger partial charge in [0.1, 0.15) is 11.5 Å². The van der Waals surface area contributed by atoms with Crippen molar-refractivity contribution in [2.45, 2.75) is 25.9 Å². The normalized spacial score (nSPS) is 12.1. The Balaban J connectivity index is 3.22. The van der Waals surface area contributed by atoms with Crippen molar-refractivity contribution in [1.82, 2.24) is 9.97 Å². The zero-order valence-electron chi connectivity index (χ0n) is 7.64. The lowest BCUT2D eigenvalue weighted by atomic mass is 10.2. The molecule has 1 aromatic heterocycles. The molecule has 78 valence electrons. The number of carbonyl (C=O) groups excluding carboxylic acids is 1. The minimum atomic E-state index is -4.56. The summed E-state index contributed by atoms with van der Waals surface area (Å²) in [4.78, 5) is 16.0. The molecule has 14 heavy (non-hydrogen) atoms. The molecule has 0 atom stereocenters. The zero-order chi connectivity index (χ0) is 10.9. The number of halogens is 3. The molecule has 0 saturated carbocycles. The fourth-order valence-corrected chi connectivity index (χ4v) is 0.981. The van der Waals surface area contributed by atoms with Gasteiger partial charge in [-0.25, -0.2) is 4.98 Å². The van der Waals surface area contributed by atoms with Crippen molar-refractivity contribution >= 4 is 6.29 Å². The molecule has 0 aliphatic rings. The third-order valence-corrected chi connectivity index (χ3v) is 1.69. The molecule has 1 N–H and O–H groups in total. The third kappa shape index (κ3) is 1.94. The highest BCUT2D eigenvalue weighted by atomic mass is 19.4. The van der Waals surface area contributed by atoms with E-state index in [1.54, 1.807) is 13.8 Å². The number of hydrogen-bond donors (Lipinski definition) is 1. The molecule has 0 amide bonds. The lowest BCUT2D eigenvalue weighted by Gasteiger charge is -2.03. The highest BCUT2D eigenvalue weighted by Gasteiger charge is 2.36. The Kier molecular flexibility index (Phi) is 2.64. The van der Waals surface area contributed by atoms with Crippen LogP contribution in [0.3, 0.4) is 0 Å². The third-order valence-electron chi connectivity index (χ3n) is 1.69. The molecular weight excluding hydrogens is 197 g/mol. The SMILES string of the molecule is CC(C)c1nc(C=O)c(C(F)(F)F)[nH]1. The van der Waals surface area contributed by atoms with Crippen LogP contribution in [0.4, 0.5) is 13.2 Å². The summed E-state index contributed by atoms with van der Waals surface area (Å²) < 4.78 is 36.8. The van der Waals surface area contributed by atoms with Crippen molar-refractivity contribution in [3.63, 3.8) is 0 Å². The molecule has 0 aromatic carbocycles. The predicted molar refractivity (Wildman–Crippen MR) is 43.1 cm³/mol. The van der Waals surface area contributed by atoms with Gasteiger partial charge in [-0.3, -0.25) is 4.79 Å².